The van der Waals surface area contributed by atoms with E-state index in [0.717, 1.165) is 30.3 Å². The van der Waals surface area contributed by atoms with Crippen LogP contribution in [-0.4, -0.2) is 80.5 Å². The fraction of sp³-hybridized carbons (Fsp3) is 0.667. The minimum Gasteiger partial charge on any atom is -0.444 e. The predicted molar refractivity (Wildman–Crippen MR) is 132 cm³/mol. The SMILES string of the molecule is C=C1[C@H](n2ccc(NC(=O)O[C@@H](C)[C@@H](CO)NC(=O)[C@@H](N)CC3CCCCC3)nc2=O)O[C@H](CO)[C@H]1O. The van der Waals surface area contributed by atoms with Crippen molar-refractivity contribution >= 4 is 17.8 Å². The third-order valence-electron chi connectivity index (χ3n) is 6.88. The zero-order valence-corrected chi connectivity index (χ0v) is 20.9. The van der Waals surface area contributed by atoms with E-state index in [-0.39, 0.29) is 11.4 Å². The highest BCUT2D eigenvalue weighted by molar-refractivity contribution is 5.83. The van der Waals surface area contributed by atoms with Crippen LogP contribution in [0.3, 0.4) is 0 Å². The van der Waals surface area contributed by atoms with Crippen LogP contribution in [0.2, 0.25) is 0 Å². The second-order valence-electron chi connectivity index (χ2n) is 9.61. The minimum atomic E-state index is -1.14. The number of nitrogens with one attached hydrogen (secondary N) is 2. The number of amides is 2. The van der Waals surface area contributed by atoms with E-state index in [2.05, 4.69) is 22.2 Å². The molecule has 3 rings (SSSR count). The lowest BCUT2D eigenvalue weighted by atomic mass is 9.85. The lowest BCUT2D eigenvalue weighted by Gasteiger charge is -2.27. The molecule has 0 radical (unpaired) electrons. The Morgan fingerprint density at radius 3 is 2.62 bits per heavy atom. The van der Waals surface area contributed by atoms with E-state index < -0.39 is 67.5 Å². The Morgan fingerprint density at radius 1 is 1.32 bits per heavy atom. The molecule has 0 bridgehead atoms. The molecule has 0 unspecified atom stereocenters. The van der Waals surface area contributed by atoms with Gasteiger partial charge >= 0.3 is 11.8 Å². The standard InChI is InChI=1S/C24H37N5O8/c1-13-20(32)18(12-31)37-22(13)29-9-8-19(27-23(29)34)28-24(35)36-14(2)17(11-30)26-21(33)16(25)10-15-6-4-3-5-7-15/h8-9,14-18,20,22,30-32H,1,3-7,10-12,25H2,2H3,(H,26,33)(H,27,28,34,35)/t14-,16-,17+,18+,20-,22+/m0/s1. The van der Waals surface area contributed by atoms with Crippen LogP contribution in [0.25, 0.3) is 0 Å². The summed E-state index contributed by atoms with van der Waals surface area (Å²) in [6, 6.07) is -0.284. The highest BCUT2D eigenvalue weighted by atomic mass is 16.6. The molecule has 6 atom stereocenters. The number of rotatable bonds is 10. The summed E-state index contributed by atoms with van der Waals surface area (Å²) in [5.74, 6) is -0.126. The molecule has 2 heterocycles. The maximum absolute atomic E-state index is 12.5. The van der Waals surface area contributed by atoms with Gasteiger partial charge in [-0.05, 0) is 25.3 Å². The lowest BCUT2D eigenvalue weighted by Crippen LogP contribution is -2.52. The van der Waals surface area contributed by atoms with Crippen molar-refractivity contribution in [1.29, 1.82) is 0 Å². The van der Waals surface area contributed by atoms with Crippen LogP contribution in [0.5, 0.6) is 0 Å². The summed E-state index contributed by atoms with van der Waals surface area (Å²) in [6.45, 7) is 4.27. The molecule has 1 aromatic heterocycles. The van der Waals surface area contributed by atoms with Crippen molar-refractivity contribution < 1.29 is 34.4 Å². The summed E-state index contributed by atoms with van der Waals surface area (Å²) in [7, 11) is 0. The van der Waals surface area contributed by atoms with Crippen molar-refractivity contribution in [2.45, 2.75) is 82.1 Å². The molecular formula is C24H37N5O8. The largest absolute Gasteiger partial charge is 0.444 e. The second-order valence-corrected chi connectivity index (χ2v) is 9.61. The highest BCUT2D eigenvalue weighted by Gasteiger charge is 2.38. The third-order valence-corrected chi connectivity index (χ3v) is 6.88. The van der Waals surface area contributed by atoms with Gasteiger partial charge in [0.15, 0.2) is 6.23 Å². The minimum absolute atomic E-state index is 0.111. The van der Waals surface area contributed by atoms with Gasteiger partial charge < -0.3 is 35.8 Å². The van der Waals surface area contributed by atoms with Gasteiger partial charge in [-0.2, -0.15) is 4.98 Å². The molecule has 2 aliphatic rings. The van der Waals surface area contributed by atoms with Gasteiger partial charge in [-0.3, -0.25) is 14.7 Å². The van der Waals surface area contributed by atoms with Crippen LogP contribution in [0.4, 0.5) is 10.6 Å². The van der Waals surface area contributed by atoms with Gasteiger partial charge in [-0.1, -0.05) is 38.7 Å². The van der Waals surface area contributed by atoms with Crippen LogP contribution >= 0.6 is 0 Å². The van der Waals surface area contributed by atoms with Gasteiger partial charge in [-0.25, -0.2) is 9.59 Å². The highest BCUT2D eigenvalue weighted by Crippen LogP contribution is 2.32. The predicted octanol–water partition coefficient (Wildman–Crippen LogP) is -0.238. The Hall–Kier alpha value is -2.84. The van der Waals surface area contributed by atoms with E-state index in [1.165, 1.54) is 25.6 Å². The quantitative estimate of drug-likeness (QED) is 0.223. The molecule has 0 spiro atoms. The number of ether oxygens (including phenoxy) is 2. The summed E-state index contributed by atoms with van der Waals surface area (Å²) in [4.78, 5) is 41.1. The first kappa shape index (κ1) is 28.7. The van der Waals surface area contributed by atoms with E-state index in [1.54, 1.807) is 0 Å². The van der Waals surface area contributed by atoms with Crippen LogP contribution in [0.1, 0.15) is 51.7 Å². The Kier molecular flexibility index (Phi) is 10.2. The van der Waals surface area contributed by atoms with Crippen LogP contribution < -0.4 is 22.1 Å². The molecule has 37 heavy (non-hydrogen) atoms. The van der Waals surface area contributed by atoms with Gasteiger partial charge in [0.2, 0.25) is 5.91 Å². The Balaban J connectivity index is 1.52. The number of aliphatic hydroxyl groups excluding tert-OH is 3. The van der Waals surface area contributed by atoms with Gasteiger partial charge in [-0.15, -0.1) is 0 Å². The third kappa shape index (κ3) is 7.36. The fourth-order valence-electron chi connectivity index (χ4n) is 4.64. The molecule has 1 saturated carbocycles. The van der Waals surface area contributed by atoms with Gasteiger partial charge in [0.05, 0.1) is 25.3 Å². The molecule has 13 nitrogen and oxygen atoms in total. The monoisotopic (exact) mass is 523 g/mol. The van der Waals surface area contributed by atoms with E-state index >= 15 is 0 Å². The Labute approximate surface area is 214 Å². The van der Waals surface area contributed by atoms with Crippen molar-refractivity contribution in [3.05, 3.63) is 34.9 Å². The number of anilines is 1. The molecule has 7 N–H and O–H groups in total. The molecule has 1 aliphatic carbocycles. The maximum atomic E-state index is 12.5. The van der Waals surface area contributed by atoms with Crippen LogP contribution in [-0.2, 0) is 14.3 Å². The summed E-state index contributed by atoms with van der Waals surface area (Å²) >= 11 is 0. The maximum Gasteiger partial charge on any atom is 0.413 e. The number of carbonyl (C=O) groups excluding carboxylic acids is 2. The normalized spacial score (nSPS) is 24.8. The van der Waals surface area contributed by atoms with Crippen LogP contribution in [0.15, 0.2) is 29.2 Å². The zero-order chi connectivity index (χ0) is 27.1. The number of aliphatic hydroxyl groups is 3. The van der Waals surface area contributed by atoms with E-state index in [1.807, 2.05) is 0 Å². The fourth-order valence-corrected chi connectivity index (χ4v) is 4.64. The lowest BCUT2D eigenvalue weighted by molar-refractivity contribution is -0.124. The molecule has 206 valence electrons. The Bertz CT molecular complexity index is 1010. The molecule has 1 aliphatic heterocycles. The molecular weight excluding hydrogens is 486 g/mol. The van der Waals surface area contributed by atoms with E-state index in [9.17, 15) is 29.7 Å². The average molecular weight is 524 g/mol. The van der Waals surface area contributed by atoms with Gasteiger partial charge in [0, 0.05) is 11.8 Å². The first-order valence-electron chi connectivity index (χ1n) is 12.5. The van der Waals surface area contributed by atoms with Crippen molar-refractivity contribution in [2.24, 2.45) is 11.7 Å². The van der Waals surface area contributed by atoms with E-state index in [4.69, 9.17) is 15.2 Å². The molecule has 1 aromatic rings. The summed E-state index contributed by atoms with van der Waals surface area (Å²) < 4.78 is 11.8. The number of nitrogens with two attached hydrogens (primary N) is 1. The summed E-state index contributed by atoms with van der Waals surface area (Å²) in [5.41, 5.74) is 5.46. The zero-order valence-electron chi connectivity index (χ0n) is 20.9. The van der Waals surface area contributed by atoms with Crippen molar-refractivity contribution in [2.75, 3.05) is 18.5 Å². The molecule has 1 saturated heterocycles. The molecule has 13 heteroatoms. The number of hydrogen-bond acceptors (Lipinski definition) is 10. The summed E-state index contributed by atoms with van der Waals surface area (Å²) in [6.07, 6.45) is 2.50. The number of carbonyl (C=O) groups is 2. The number of aromatic nitrogens is 2. The van der Waals surface area contributed by atoms with Crippen molar-refractivity contribution in [1.82, 2.24) is 14.9 Å². The topological polar surface area (TPSA) is 198 Å². The summed E-state index contributed by atoms with van der Waals surface area (Å²) in [5, 5.41) is 34.0. The molecule has 2 fully saturated rings. The van der Waals surface area contributed by atoms with Crippen molar-refractivity contribution in [3.8, 4) is 0 Å². The smallest absolute Gasteiger partial charge is 0.413 e. The molecule has 2 amide bonds. The first-order valence-corrected chi connectivity index (χ1v) is 12.5. The first-order chi connectivity index (χ1) is 17.6. The second kappa shape index (κ2) is 13.1. The van der Waals surface area contributed by atoms with Gasteiger partial charge in [0.25, 0.3) is 0 Å². The van der Waals surface area contributed by atoms with Gasteiger partial charge in [0.1, 0.15) is 24.1 Å². The van der Waals surface area contributed by atoms with Crippen LogP contribution in [0, 0.1) is 5.92 Å². The number of hydrogen-bond donors (Lipinski definition) is 6. The number of nitrogens with zero attached hydrogens (tertiary/aromatic N) is 2. The Morgan fingerprint density at radius 2 is 2.03 bits per heavy atom. The van der Waals surface area contributed by atoms with Crippen molar-refractivity contribution in [3.63, 3.8) is 0 Å². The average Bonchev–Trinajstić information content (AvgIpc) is 3.16. The molecule has 0 aromatic carbocycles. The van der Waals surface area contributed by atoms with E-state index in [0.29, 0.717) is 12.3 Å².